The fraction of sp³-hybridized carbons (Fsp3) is 0.857. The number of hydrogen-bond donors (Lipinski definition) is 2. The maximum Gasteiger partial charge on any atom is 0.322 e. The van der Waals surface area contributed by atoms with Crippen LogP contribution in [0, 0.1) is 0 Å². The lowest BCUT2D eigenvalue weighted by Gasteiger charge is -2.18. The van der Waals surface area contributed by atoms with Crippen molar-refractivity contribution in [3.63, 3.8) is 0 Å². The first-order valence-corrected chi connectivity index (χ1v) is 5.12. The Morgan fingerprint density at radius 2 is 2.25 bits per heavy atom. The highest BCUT2D eigenvalue weighted by Gasteiger charge is 2.16. The van der Waals surface area contributed by atoms with Gasteiger partial charge >= 0.3 is 5.97 Å². The van der Waals surface area contributed by atoms with E-state index in [9.17, 15) is 4.79 Å². The number of nitrogens with zero attached hydrogens (tertiary/aromatic N) is 1. The minimum atomic E-state index is -0.794. The molecule has 0 aromatic carbocycles. The highest BCUT2D eigenvalue weighted by molar-refractivity contribution is 7.98. The van der Waals surface area contributed by atoms with Crippen molar-refractivity contribution in [2.45, 2.75) is 12.5 Å². The summed E-state index contributed by atoms with van der Waals surface area (Å²) in [5.41, 5.74) is 2.83. The molecule has 0 aliphatic carbocycles. The van der Waals surface area contributed by atoms with Gasteiger partial charge in [0.15, 0.2) is 0 Å². The van der Waals surface area contributed by atoms with Crippen molar-refractivity contribution in [1.29, 1.82) is 0 Å². The van der Waals surface area contributed by atoms with Crippen LogP contribution in [0.4, 0.5) is 0 Å². The molecule has 1 unspecified atom stereocenters. The Bertz CT molecular complexity index is 141. The molecule has 0 heterocycles. The van der Waals surface area contributed by atoms with Crippen LogP contribution in [0.25, 0.3) is 0 Å². The van der Waals surface area contributed by atoms with Crippen LogP contribution in [0.3, 0.4) is 0 Å². The summed E-state index contributed by atoms with van der Waals surface area (Å²) in [6.07, 6.45) is 2.61. The van der Waals surface area contributed by atoms with Crippen molar-refractivity contribution in [1.82, 2.24) is 10.4 Å². The van der Waals surface area contributed by atoms with E-state index in [1.165, 1.54) is 0 Å². The van der Waals surface area contributed by atoms with Gasteiger partial charge in [0.25, 0.3) is 0 Å². The number of aliphatic carboxylic acids is 1. The number of thioether (sulfide) groups is 1. The van der Waals surface area contributed by atoms with Crippen LogP contribution >= 0.6 is 11.8 Å². The van der Waals surface area contributed by atoms with Crippen molar-refractivity contribution in [2.75, 3.05) is 26.1 Å². The summed E-state index contributed by atoms with van der Waals surface area (Å²) in [5.74, 6) is 0.0652. The van der Waals surface area contributed by atoms with Crippen LogP contribution in [0.5, 0.6) is 0 Å². The van der Waals surface area contributed by atoms with Gasteiger partial charge in [0.1, 0.15) is 6.04 Å². The lowest BCUT2D eigenvalue weighted by Crippen LogP contribution is -2.44. The molecule has 0 saturated carbocycles. The SMILES string of the molecule is CSCCC(NN(C)C)C(=O)O. The van der Waals surface area contributed by atoms with Gasteiger partial charge in [0.05, 0.1) is 0 Å². The standard InChI is InChI=1S/C7H16N2O2S/c1-9(2)8-6(7(10)11)4-5-12-3/h6,8H,4-5H2,1-3H3,(H,10,11). The molecule has 0 aliphatic rings. The molecule has 0 fully saturated rings. The third kappa shape index (κ3) is 5.40. The molecule has 0 saturated heterocycles. The summed E-state index contributed by atoms with van der Waals surface area (Å²) in [6, 6.07) is -0.465. The molecule has 0 aliphatic heterocycles. The number of rotatable bonds is 6. The van der Waals surface area contributed by atoms with Crippen LogP contribution in [-0.2, 0) is 4.79 Å². The number of carboxylic acid groups (broad SMARTS) is 1. The summed E-state index contributed by atoms with van der Waals surface area (Å²) >= 11 is 1.65. The number of hydrogen-bond acceptors (Lipinski definition) is 4. The molecule has 0 rings (SSSR count). The first-order valence-electron chi connectivity index (χ1n) is 3.73. The molecule has 0 bridgehead atoms. The lowest BCUT2D eigenvalue weighted by molar-refractivity contribution is -0.140. The molecule has 4 nitrogen and oxygen atoms in total. The van der Waals surface area contributed by atoms with E-state index in [0.29, 0.717) is 6.42 Å². The molecule has 1 atom stereocenters. The van der Waals surface area contributed by atoms with E-state index in [-0.39, 0.29) is 0 Å². The Morgan fingerprint density at radius 3 is 2.58 bits per heavy atom. The van der Waals surface area contributed by atoms with E-state index < -0.39 is 12.0 Å². The Hall–Kier alpha value is -0.260. The van der Waals surface area contributed by atoms with Crippen molar-refractivity contribution >= 4 is 17.7 Å². The van der Waals surface area contributed by atoms with Crippen LogP contribution in [0.15, 0.2) is 0 Å². The zero-order chi connectivity index (χ0) is 9.56. The number of nitrogens with one attached hydrogen (secondary N) is 1. The Labute approximate surface area is 77.3 Å². The van der Waals surface area contributed by atoms with E-state index in [1.807, 2.05) is 6.26 Å². The van der Waals surface area contributed by atoms with E-state index in [4.69, 9.17) is 5.11 Å². The molecule has 5 heteroatoms. The highest BCUT2D eigenvalue weighted by atomic mass is 32.2. The van der Waals surface area contributed by atoms with Gasteiger partial charge < -0.3 is 5.11 Å². The van der Waals surface area contributed by atoms with Crippen molar-refractivity contribution < 1.29 is 9.90 Å². The molecule has 0 spiro atoms. The first kappa shape index (κ1) is 11.7. The zero-order valence-electron chi connectivity index (χ0n) is 7.70. The maximum absolute atomic E-state index is 10.6. The summed E-state index contributed by atoms with van der Waals surface area (Å²) in [5, 5.41) is 10.4. The predicted octanol–water partition coefficient (Wildman–Crippen LogP) is 0.259. The van der Waals surface area contributed by atoms with Gasteiger partial charge in [-0.3, -0.25) is 4.79 Å². The number of carboxylic acids is 1. The zero-order valence-corrected chi connectivity index (χ0v) is 8.52. The largest absolute Gasteiger partial charge is 0.480 e. The van der Waals surface area contributed by atoms with E-state index in [0.717, 1.165) is 5.75 Å². The highest BCUT2D eigenvalue weighted by Crippen LogP contribution is 2.00. The normalized spacial score (nSPS) is 13.3. The van der Waals surface area contributed by atoms with Gasteiger partial charge in [-0.15, -0.1) is 0 Å². The Morgan fingerprint density at radius 1 is 1.67 bits per heavy atom. The Kier molecular flexibility index (Phi) is 6.14. The second-order valence-electron chi connectivity index (χ2n) is 2.70. The second kappa shape index (κ2) is 6.28. The lowest BCUT2D eigenvalue weighted by atomic mass is 10.2. The molecule has 12 heavy (non-hydrogen) atoms. The fourth-order valence-corrected chi connectivity index (χ4v) is 1.26. The third-order valence-electron chi connectivity index (χ3n) is 1.32. The van der Waals surface area contributed by atoms with Gasteiger partial charge in [-0.1, -0.05) is 0 Å². The summed E-state index contributed by atoms with van der Waals surface area (Å²) in [4.78, 5) is 10.6. The van der Waals surface area contributed by atoms with Crippen molar-refractivity contribution in [3.8, 4) is 0 Å². The van der Waals surface area contributed by atoms with Gasteiger partial charge in [0, 0.05) is 14.1 Å². The minimum Gasteiger partial charge on any atom is -0.480 e. The number of hydrazine groups is 1. The van der Waals surface area contributed by atoms with E-state index in [1.54, 1.807) is 30.9 Å². The van der Waals surface area contributed by atoms with E-state index in [2.05, 4.69) is 5.43 Å². The molecule has 72 valence electrons. The van der Waals surface area contributed by atoms with E-state index >= 15 is 0 Å². The molecule has 0 aromatic rings. The molecule has 0 aromatic heterocycles. The third-order valence-corrected chi connectivity index (χ3v) is 1.97. The van der Waals surface area contributed by atoms with Crippen LogP contribution in [-0.4, -0.2) is 48.2 Å². The van der Waals surface area contributed by atoms with Crippen molar-refractivity contribution in [3.05, 3.63) is 0 Å². The van der Waals surface area contributed by atoms with Gasteiger partial charge in [0.2, 0.25) is 0 Å². The summed E-state index contributed by atoms with van der Waals surface area (Å²) < 4.78 is 0. The molecule has 0 radical (unpaired) electrons. The first-order chi connectivity index (χ1) is 5.57. The smallest absolute Gasteiger partial charge is 0.322 e. The monoisotopic (exact) mass is 192 g/mol. The van der Waals surface area contributed by atoms with Crippen LogP contribution in [0.1, 0.15) is 6.42 Å². The van der Waals surface area contributed by atoms with Crippen LogP contribution < -0.4 is 5.43 Å². The molecule has 2 N–H and O–H groups in total. The Balaban J connectivity index is 3.78. The van der Waals surface area contributed by atoms with Crippen molar-refractivity contribution in [2.24, 2.45) is 0 Å². The molecule has 0 amide bonds. The minimum absolute atomic E-state index is 0.465. The second-order valence-corrected chi connectivity index (χ2v) is 3.68. The average Bonchev–Trinajstić information content (AvgIpc) is 1.96. The number of carbonyl (C=O) groups is 1. The summed E-state index contributed by atoms with van der Waals surface area (Å²) in [6.45, 7) is 0. The average molecular weight is 192 g/mol. The topological polar surface area (TPSA) is 52.6 Å². The van der Waals surface area contributed by atoms with Gasteiger partial charge in [-0.05, 0) is 18.4 Å². The quantitative estimate of drug-likeness (QED) is 0.591. The van der Waals surface area contributed by atoms with Gasteiger partial charge in [-0.2, -0.15) is 11.8 Å². The predicted molar refractivity (Wildman–Crippen MR) is 51.2 cm³/mol. The van der Waals surface area contributed by atoms with Crippen LogP contribution in [0.2, 0.25) is 0 Å². The fourth-order valence-electron chi connectivity index (χ4n) is 0.791. The molecular weight excluding hydrogens is 176 g/mol. The van der Waals surface area contributed by atoms with Gasteiger partial charge in [-0.25, -0.2) is 10.4 Å². The maximum atomic E-state index is 10.6. The summed E-state index contributed by atoms with van der Waals surface area (Å²) in [7, 11) is 3.57. The molecular formula is C7H16N2O2S.